The first kappa shape index (κ1) is 22.7. The Morgan fingerprint density at radius 3 is 2.06 bits per heavy atom. The normalized spacial score (nSPS) is 11.5. The molecule has 0 bridgehead atoms. The summed E-state index contributed by atoms with van der Waals surface area (Å²) in [4.78, 5) is 13.0. The van der Waals surface area contributed by atoms with E-state index in [1.165, 1.54) is 4.31 Å². The third-order valence-electron chi connectivity index (χ3n) is 5.13. The molecule has 6 heteroatoms. The van der Waals surface area contributed by atoms with Crippen molar-refractivity contribution < 1.29 is 13.2 Å². The van der Waals surface area contributed by atoms with Crippen molar-refractivity contribution in [2.45, 2.75) is 38.6 Å². The number of hydrogen-bond acceptors (Lipinski definition) is 3. The molecule has 0 aliphatic carbocycles. The highest BCUT2D eigenvalue weighted by Gasteiger charge is 2.27. The molecule has 0 aliphatic rings. The van der Waals surface area contributed by atoms with E-state index in [1.54, 1.807) is 24.3 Å². The highest BCUT2D eigenvalue weighted by Crippen LogP contribution is 2.20. The van der Waals surface area contributed by atoms with Gasteiger partial charge in [-0.15, -0.1) is 0 Å². The van der Waals surface area contributed by atoms with Gasteiger partial charge in [0.2, 0.25) is 15.9 Å². The van der Waals surface area contributed by atoms with Crippen molar-refractivity contribution in [3.63, 3.8) is 0 Å². The number of anilines is 1. The number of aryl methyl sites for hydroxylation is 3. The molecule has 0 aromatic heterocycles. The fourth-order valence-corrected chi connectivity index (χ4v) is 4.67. The first-order valence-electron chi connectivity index (χ1n) is 10.3. The van der Waals surface area contributed by atoms with Crippen LogP contribution in [0.5, 0.6) is 0 Å². The minimum atomic E-state index is -3.86. The second kappa shape index (κ2) is 9.90. The first-order valence-corrected chi connectivity index (χ1v) is 11.7. The van der Waals surface area contributed by atoms with Crippen LogP contribution in [0.25, 0.3) is 0 Å². The summed E-state index contributed by atoms with van der Waals surface area (Å²) in [6.07, 6.45) is 0.769. The lowest BCUT2D eigenvalue weighted by Crippen LogP contribution is -2.37. The number of nitrogens with zero attached hydrogens (tertiary/aromatic N) is 1. The van der Waals surface area contributed by atoms with Gasteiger partial charge in [-0.25, -0.2) is 8.42 Å². The highest BCUT2D eigenvalue weighted by atomic mass is 32.2. The van der Waals surface area contributed by atoms with E-state index >= 15 is 0 Å². The van der Waals surface area contributed by atoms with Crippen LogP contribution >= 0.6 is 0 Å². The molecule has 0 aliphatic heterocycles. The molecule has 1 N–H and O–H groups in total. The minimum Gasteiger partial charge on any atom is -0.325 e. The molecule has 0 saturated heterocycles. The van der Waals surface area contributed by atoms with Crippen molar-refractivity contribution in [2.24, 2.45) is 0 Å². The van der Waals surface area contributed by atoms with E-state index < -0.39 is 10.0 Å². The molecule has 0 radical (unpaired) electrons. The number of amides is 1. The predicted molar refractivity (Wildman–Crippen MR) is 124 cm³/mol. The number of carbonyl (C=O) groups excluding carboxylic acids is 1. The smallest absolute Gasteiger partial charge is 0.243 e. The van der Waals surface area contributed by atoms with Gasteiger partial charge in [0.15, 0.2) is 0 Å². The van der Waals surface area contributed by atoms with E-state index in [1.807, 2.05) is 69.3 Å². The molecule has 0 saturated carbocycles. The standard InChI is InChI=1S/C25H28N2O3S/c1-4-22-7-5-6-8-24(22)26-25(28)18-27(17-21-13-9-19(2)10-14-21)31(29,30)23-15-11-20(3)12-16-23/h5-16H,4,17-18H2,1-3H3,(H,26,28). The van der Waals surface area contributed by atoms with Gasteiger partial charge in [0, 0.05) is 12.2 Å². The maximum absolute atomic E-state index is 13.4. The Labute approximate surface area is 184 Å². The highest BCUT2D eigenvalue weighted by molar-refractivity contribution is 7.89. The summed E-state index contributed by atoms with van der Waals surface area (Å²) in [7, 11) is -3.86. The fourth-order valence-electron chi connectivity index (χ4n) is 3.28. The van der Waals surface area contributed by atoms with Crippen LogP contribution in [-0.2, 0) is 27.8 Å². The molecule has 0 spiro atoms. The van der Waals surface area contributed by atoms with Crippen molar-refractivity contribution in [1.29, 1.82) is 0 Å². The summed E-state index contributed by atoms with van der Waals surface area (Å²) in [5.74, 6) is -0.372. The molecule has 3 rings (SSSR count). The van der Waals surface area contributed by atoms with Crippen molar-refractivity contribution in [2.75, 3.05) is 11.9 Å². The zero-order valence-electron chi connectivity index (χ0n) is 18.1. The summed E-state index contributed by atoms with van der Waals surface area (Å²) in [5, 5.41) is 2.87. The zero-order chi connectivity index (χ0) is 22.4. The Hall–Kier alpha value is -2.96. The van der Waals surface area contributed by atoms with E-state index in [0.717, 1.165) is 28.7 Å². The quantitative estimate of drug-likeness (QED) is 0.557. The van der Waals surface area contributed by atoms with Gasteiger partial charge in [0.05, 0.1) is 11.4 Å². The van der Waals surface area contributed by atoms with E-state index in [4.69, 9.17) is 0 Å². The van der Waals surface area contributed by atoms with Crippen molar-refractivity contribution >= 4 is 21.6 Å². The van der Waals surface area contributed by atoms with Crippen LogP contribution in [0.3, 0.4) is 0 Å². The van der Waals surface area contributed by atoms with Crippen LogP contribution < -0.4 is 5.32 Å². The topological polar surface area (TPSA) is 66.5 Å². The lowest BCUT2D eigenvalue weighted by molar-refractivity contribution is -0.116. The molecule has 0 atom stereocenters. The monoisotopic (exact) mass is 436 g/mol. The first-order chi connectivity index (χ1) is 14.8. The van der Waals surface area contributed by atoms with Crippen LogP contribution in [0.15, 0.2) is 77.7 Å². The van der Waals surface area contributed by atoms with E-state index in [2.05, 4.69) is 5.32 Å². The molecule has 0 unspecified atom stereocenters. The van der Waals surface area contributed by atoms with Crippen LogP contribution in [0.2, 0.25) is 0 Å². The number of rotatable bonds is 8. The van der Waals surface area contributed by atoms with Gasteiger partial charge >= 0.3 is 0 Å². The lowest BCUT2D eigenvalue weighted by atomic mass is 10.1. The Balaban J connectivity index is 1.88. The van der Waals surface area contributed by atoms with Crippen molar-refractivity contribution in [3.05, 3.63) is 95.1 Å². The van der Waals surface area contributed by atoms with Gasteiger partial charge in [-0.3, -0.25) is 4.79 Å². The number of benzene rings is 3. The zero-order valence-corrected chi connectivity index (χ0v) is 18.9. The van der Waals surface area contributed by atoms with E-state index in [9.17, 15) is 13.2 Å². The van der Waals surface area contributed by atoms with Gasteiger partial charge < -0.3 is 5.32 Å². The van der Waals surface area contributed by atoms with Gasteiger partial charge in [-0.05, 0) is 49.6 Å². The summed E-state index contributed by atoms with van der Waals surface area (Å²) in [5.41, 5.74) is 4.59. The third kappa shape index (κ3) is 5.81. The average Bonchev–Trinajstić information content (AvgIpc) is 2.75. The molecular formula is C25H28N2O3S. The summed E-state index contributed by atoms with van der Waals surface area (Å²) in [6.45, 7) is 5.72. The molecule has 1 amide bonds. The Kier molecular flexibility index (Phi) is 7.25. The van der Waals surface area contributed by atoms with Gasteiger partial charge in [-0.2, -0.15) is 4.31 Å². The Morgan fingerprint density at radius 2 is 1.45 bits per heavy atom. The van der Waals surface area contributed by atoms with Gasteiger partial charge in [-0.1, -0.05) is 72.6 Å². The molecular weight excluding hydrogens is 408 g/mol. The number of para-hydroxylation sites is 1. The van der Waals surface area contributed by atoms with Crippen LogP contribution in [0.4, 0.5) is 5.69 Å². The Morgan fingerprint density at radius 1 is 0.871 bits per heavy atom. The summed E-state index contributed by atoms with van der Waals surface area (Å²) in [6, 6.07) is 21.9. The largest absolute Gasteiger partial charge is 0.325 e. The number of hydrogen-bond donors (Lipinski definition) is 1. The molecule has 31 heavy (non-hydrogen) atoms. The second-order valence-corrected chi connectivity index (χ2v) is 9.57. The summed E-state index contributed by atoms with van der Waals surface area (Å²) >= 11 is 0. The average molecular weight is 437 g/mol. The maximum Gasteiger partial charge on any atom is 0.243 e. The maximum atomic E-state index is 13.4. The van der Waals surface area contributed by atoms with E-state index in [0.29, 0.717) is 5.69 Å². The van der Waals surface area contributed by atoms with Gasteiger partial charge in [0.25, 0.3) is 0 Å². The number of sulfonamides is 1. The minimum absolute atomic E-state index is 0.110. The van der Waals surface area contributed by atoms with Crippen LogP contribution in [-0.4, -0.2) is 25.2 Å². The van der Waals surface area contributed by atoms with Crippen molar-refractivity contribution in [3.8, 4) is 0 Å². The molecule has 3 aromatic carbocycles. The Bertz CT molecular complexity index is 1140. The van der Waals surface area contributed by atoms with E-state index in [-0.39, 0.29) is 23.9 Å². The molecule has 162 valence electrons. The van der Waals surface area contributed by atoms with Gasteiger partial charge in [0.1, 0.15) is 0 Å². The predicted octanol–water partition coefficient (Wildman–Crippen LogP) is 4.70. The molecule has 0 fully saturated rings. The lowest BCUT2D eigenvalue weighted by Gasteiger charge is -2.22. The molecule has 3 aromatic rings. The van der Waals surface area contributed by atoms with Crippen LogP contribution in [0.1, 0.15) is 29.2 Å². The third-order valence-corrected chi connectivity index (χ3v) is 6.94. The molecule has 5 nitrogen and oxygen atoms in total. The number of nitrogens with one attached hydrogen (secondary N) is 1. The molecule has 0 heterocycles. The SMILES string of the molecule is CCc1ccccc1NC(=O)CN(Cc1ccc(C)cc1)S(=O)(=O)c1ccc(C)cc1. The second-order valence-electron chi connectivity index (χ2n) is 7.63. The van der Waals surface area contributed by atoms with Crippen LogP contribution in [0, 0.1) is 13.8 Å². The summed E-state index contributed by atoms with van der Waals surface area (Å²) < 4.78 is 28.0. The fraction of sp³-hybridized carbons (Fsp3) is 0.240. The number of carbonyl (C=O) groups is 1. The van der Waals surface area contributed by atoms with Crippen molar-refractivity contribution in [1.82, 2.24) is 4.31 Å².